The number of nitrogens with one attached hydrogen (secondary N) is 1. The molecule has 1 atom stereocenters. The van der Waals surface area contributed by atoms with Crippen LogP contribution >= 0.6 is 0 Å². The van der Waals surface area contributed by atoms with E-state index in [-0.39, 0.29) is 0 Å². The zero-order valence-corrected chi connectivity index (χ0v) is 10.6. The van der Waals surface area contributed by atoms with Crippen molar-refractivity contribution in [3.63, 3.8) is 0 Å². The molecule has 3 rings (SSSR count). The smallest absolute Gasteiger partial charge is 0.119 e. The highest BCUT2D eigenvalue weighted by Gasteiger charge is 2.16. The second-order valence-corrected chi connectivity index (χ2v) is 4.84. The Morgan fingerprint density at radius 1 is 1.39 bits per heavy atom. The molecule has 0 aliphatic carbocycles. The van der Waals surface area contributed by atoms with Crippen LogP contribution < -0.4 is 10.1 Å². The van der Waals surface area contributed by atoms with Crippen molar-refractivity contribution in [2.24, 2.45) is 0 Å². The average Bonchev–Trinajstić information content (AvgIpc) is 2.91. The van der Waals surface area contributed by atoms with Crippen molar-refractivity contribution in [2.75, 3.05) is 13.7 Å². The van der Waals surface area contributed by atoms with Crippen LogP contribution in [0.5, 0.6) is 5.75 Å². The number of rotatable bonds is 3. The molecule has 0 radical (unpaired) electrons. The van der Waals surface area contributed by atoms with Gasteiger partial charge in [0, 0.05) is 29.7 Å². The van der Waals surface area contributed by atoms with Crippen molar-refractivity contribution in [1.29, 1.82) is 0 Å². The number of pyridine rings is 1. The van der Waals surface area contributed by atoms with Crippen LogP contribution in [-0.2, 0) is 6.42 Å². The second-order valence-electron chi connectivity index (χ2n) is 4.84. The minimum Gasteiger partial charge on any atom is -0.497 e. The summed E-state index contributed by atoms with van der Waals surface area (Å²) in [5.41, 5.74) is 1.19. The molecule has 3 heteroatoms. The number of nitrogens with zero attached hydrogens (tertiary/aromatic N) is 1. The van der Waals surface area contributed by atoms with Crippen molar-refractivity contribution < 1.29 is 4.74 Å². The van der Waals surface area contributed by atoms with Gasteiger partial charge in [0.15, 0.2) is 0 Å². The molecule has 1 aromatic carbocycles. The van der Waals surface area contributed by atoms with E-state index in [0.29, 0.717) is 6.04 Å². The van der Waals surface area contributed by atoms with Crippen LogP contribution in [0.4, 0.5) is 0 Å². The largest absolute Gasteiger partial charge is 0.497 e. The fourth-order valence-electron chi connectivity index (χ4n) is 2.67. The summed E-state index contributed by atoms with van der Waals surface area (Å²) in [5, 5.41) is 5.98. The summed E-state index contributed by atoms with van der Waals surface area (Å²) in [4.78, 5) is 4.55. The van der Waals surface area contributed by atoms with Crippen LogP contribution in [0.25, 0.3) is 10.8 Å². The normalized spacial score (nSPS) is 19.3. The number of fused-ring (bicyclic) bond motifs is 1. The van der Waals surface area contributed by atoms with Crippen molar-refractivity contribution >= 4 is 10.8 Å². The third kappa shape index (κ3) is 2.18. The summed E-state index contributed by atoms with van der Waals surface area (Å²) in [5.74, 6) is 0.902. The number of benzene rings is 1. The van der Waals surface area contributed by atoms with Gasteiger partial charge in [-0.25, -0.2) is 0 Å². The van der Waals surface area contributed by atoms with Crippen molar-refractivity contribution in [1.82, 2.24) is 10.3 Å². The van der Waals surface area contributed by atoms with E-state index in [1.807, 2.05) is 18.3 Å². The maximum Gasteiger partial charge on any atom is 0.119 e. The lowest BCUT2D eigenvalue weighted by Gasteiger charge is -2.12. The molecule has 0 spiro atoms. The number of hydrogen-bond acceptors (Lipinski definition) is 3. The van der Waals surface area contributed by atoms with Crippen molar-refractivity contribution in [3.05, 3.63) is 36.2 Å². The maximum absolute atomic E-state index is 5.26. The summed E-state index contributed by atoms with van der Waals surface area (Å²) in [6.07, 6.45) is 5.45. The van der Waals surface area contributed by atoms with E-state index in [4.69, 9.17) is 4.74 Å². The van der Waals surface area contributed by atoms with E-state index >= 15 is 0 Å². The Bertz CT molecular complexity index is 547. The van der Waals surface area contributed by atoms with E-state index in [9.17, 15) is 0 Å². The lowest BCUT2D eigenvalue weighted by Crippen LogP contribution is -2.24. The van der Waals surface area contributed by atoms with Crippen LogP contribution in [0.2, 0.25) is 0 Å². The monoisotopic (exact) mass is 242 g/mol. The SMILES string of the molecule is COc1ccc2c(CC3CCCN3)nccc2c1. The summed E-state index contributed by atoms with van der Waals surface area (Å²) in [6.45, 7) is 1.14. The minimum atomic E-state index is 0.588. The Labute approximate surface area is 107 Å². The maximum atomic E-state index is 5.26. The molecule has 18 heavy (non-hydrogen) atoms. The summed E-state index contributed by atoms with van der Waals surface area (Å²) < 4.78 is 5.26. The first-order valence-corrected chi connectivity index (χ1v) is 6.52. The van der Waals surface area contributed by atoms with Crippen LogP contribution in [0, 0.1) is 0 Å². The van der Waals surface area contributed by atoms with Crippen LogP contribution in [0.3, 0.4) is 0 Å². The molecule has 1 N–H and O–H groups in total. The highest BCUT2D eigenvalue weighted by molar-refractivity contribution is 5.85. The molecule has 1 saturated heterocycles. The quantitative estimate of drug-likeness (QED) is 0.898. The minimum absolute atomic E-state index is 0.588. The molecule has 0 saturated carbocycles. The van der Waals surface area contributed by atoms with Gasteiger partial charge in [-0.15, -0.1) is 0 Å². The molecular weight excluding hydrogens is 224 g/mol. The van der Waals surface area contributed by atoms with E-state index in [1.165, 1.54) is 29.3 Å². The molecule has 1 aromatic heterocycles. The summed E-state index contributed by atoms with van der Waals surface area (Å²) in [6, 6.07) is 8.83. The number of aromatic nitrogens is 1. The molecule has 1 fully saturated rings. The average molecular weight is 242 g/mol. The van der Waals surface area contributed by atoms with Gasteiger partial charge in [0.05, 0.1) is 7.11 Å². The van der Waals surface area contributed by atoms with Gasteiger partial charge >= 0.3 is 0 Å². The second kappa shape index (κ2) is 4.94. The molecule has 1 unspecified atom stereocenters. The molecule has 3 nitrogen and oxygen atoms in total. The predicted octanol–water partition coefficient (Wildman–Crippen LogP) is 2.54. The molecule has 1 aliphatic rings. The Hall–Kier alpha value is -1.61. The molecule has 0 bridgehead atoms. The van der Waals surface area contributed by atoms with E-state index in [2.05, 4.69) is 22.4 Å². The van der Waals surface area contributed by atoms with Gasteiger partial charge in [0.2, 0.25) is 0 Å². The molecule has 2 aromatic rings. The van der Waals surface area contributed by atoms with E-state index in [1.54, 1.807) is 7.11 Å². The van der Waals surface area contributed by atoms with Crippen molar-refractivity contribution in [3.8, 4) is 5.75 Å². The van der Waals surface area contributed by atoms with Crippen LogP contribution in [0.1, 0.15) is 18.5 Å². The standard InChI is InChI=1S/C15H18N2O/c1-18-13-4-5-14-11(9-13)6-8-17-15(14)10-12-3-2-7-16-12/h4-6,8-9,12,16H,2-3,7,10H2,1H3. The Balaban J connectivity index is 1.95. The first-order chi connectivity index (χ1) is 8.86. The number of ether oxygens (including phenoxy) is 1. The van der Waals surface area contributed by atoms with Gasteiger partial charge in [0.25, 0.3) is 0 Å². The lowest BCUT2D eigenvalue weighted by molar-refractivity contribution is 0.415. The highest BCUT2D eigenvalue weighted by atomic mass is 16.5. The Morgan fingerprint density at radius 2 is 2.33 bits per heavy atom. The zero-order valence-electron chi connectivity index (χ0n) is 10.6. The topological polar surface area (TPSA) is 34.1 Å². The van der Waals surface area contributed by atoms with E-state index < -0.39 is 0 Å². The van der Waals surface area contributed by atoms with Crippen LogP contribution in [0.15, 0.2) is 30.5 Å². The van der Waals surface area contributed by atoms with Gasteiger partial charge in [-0.1, -0.05) is 0 Å². The summed E-state index contributed by atoms with van der Waals surface area (Å²) in [7, 11) is 1.70. The predicted molar refractivity (Wildman–Crippen MR) is 73.0 cm³/mol. The first-order valence-electron chi connectivity index (χ1n) is 6.52. The fraction of sp³-hybridized carbons (Fsp3) is 0.400. The third-order valence-electron chi connectivity index (χ3n) is 3.66. The molecule has 0 amide bonds. The molecule has 94 valence electrons. The first kappa shape index (κ1) is 11.5. The Morgan fingerprint density at radius 3 is 3.11 bits per heavy atom. The number of methoxy groups -OCH3 is 1. The molecule has 2 heterocycles. The van der Waals surface area contributed by atoms with Crippen molar-refractivity contribution in [2.45, 2.75) is 25.3 Å². The van der Waals surface area contributed by atoms with Gasteiger partial charge in [-0.2, -0.15) is 0 Å². The molecule has 1 aliphatic heterocycles. The van der Waals surface area contributed by atoms with Gasteiger partial charge in [-0.05, 0) is 49.0 Å². The Kier molecular flexibility index (Phi) is 3.15. The fourth-order valence-corrected chi connectivity index (χ4v) is 2.67. The lowest BCUT2D eigenvalue weighted by atomic mass is 10.0. The van der Waals surface area contributed by atoms with Gasteiger partial charge < -0.3 is 10.1 Å². The summed E-state index contributed by atoms with van der Waals surface area (Å²) >= 11 is 0. The zero-order chi connectivity index (χ0) is 12.4. The number of hydrogen-bond donors (Lipinski definition) is 1. The third-order valence-corrected chi connectivity index (χ3v) is 3.66. The van der Waals surface area contributed by atoms with Crippen LogP contribution in [-0.4, -0.2) is 24.7 Å². The molecular formula is C15H18N2O. The van der Waals surface area contributed by atoms with Gasteiger partial charge in [0.1, 0.15) is 5.75 Å². The highest BCUT2D eigenvalue weighted by Crippen LogP contribution is 2.24. The van der Waals surface area contributed by atoms with Gasteiger partial charge in [-0.3, -0.25) is 4.98 Å². The van der Waals surface area contributed by atoms with E-state index in [0.717, 1.165) is 18.7 Å².